The van der Waals surface area contributed by atoms with Crippen molar-refractivity contribution >= 4 is 27.5 Å². The summed E-state index contributed by atoms with van der Waals surface area (Å²) in [5, 5.41) is 30.3. The zero-order valence-corrected chi connectivity index (χ0v) is 24.9. The van der Waals surface area contributed by atoms with Crippen molar-refractivity contribution in [2.24, 2.45) is 0 Å². The molecule has 230 valence electrons. The number of ether oxygens (including phenoxy) is 2. The number of alkyl halides is 3. The lowest BCUT2D eigenvalue weighted by atomic mass is 9.89. The number of benzene rings is 2. The number of hydrogen-bond acceptors (Lipinski definition) is 7. The van der Waals surface area contributed by atoms with E-state index in [1.165, 1.54) is 62.3 Å². The Morgan fingerprint density at radius 3 is 2.53 bits per heavy atom. The lowest BCUT2D eigenvalue weighted by Crippen LogP contribution is -2.56. The van der Waals surface area contributed by atoms with Gasteiger partial charge in [-0.25, -0.2) is 18.4 Å². The van der Waals surface area contributed by atoms with E-state index in [4.69, 9.17) is 21.1 Å². The highest BCUT2D eigenvalue weighted by Gasteiger charge is 2.51. The summed E-state index contributed by atoms with van der Waals surface area (Å²) in [5.41, 5.74) is -1.42. The lowest BCUT2D eigenvalue weighted by molar-refractivity contribution is -0.230. The maximum Gasteiger partial charge on any atom is 0.418 e. The van der Waals surface area contributed by atoms with Gasteiger partial charge in [0.1, 0.15) is 36.3 Å². The van der Waals surface area contributed by atoms with Gasteiger partial charge < -0.3 is 19.7 Å². The molecule has 1 fully saturated rings. The predicted octanol–water partition coefficient (Wildman–Crippen LogP) is 5.59. The van der Waals surface area contributed by atoms with E-state index in [9.17, 15) is 32.2 Å². The van der Waals surface area contributed by atoms with Gasteiger partial charge in [-0.05, 0) is 44.2 Å². The molecule has 16 heteroatoms. The highest BCUT2D eigenvalue weighted by atomic mass is 79.9. The quantitative estimate of drug-likeness (QED) is 0.201. The van der Waals surface area contributed by atoms with Crippen LogP contribution in [0.1, 0.15) is 36.3 Å². The van der Waals surface area contributed by atoms with Crippen LogP contribution in [0.15, 0.2) is 47.2 Å². The molecular formula is C27H24BrClF5N5O4. The first-order chi connectivity index (χ1) is 20.2. The molecule has 4 unspecified atom stereocenters. The van der Waals surface area contributed by atoms with Crippen LogP contribution in [0.5, 0.6) is 0 Å². The molecule has 0 saturated carbocycles. The third kappa shape index (κ3) is 5.81. The summed E-state index contributed by atoms with van der Waals surface area (Å²) in [7, 11) is 1.31. The van der Waals surface area contributed by atoms with Crippen LogP contribution in [-0.4, -0.2) is 66.3 Å². The normalized spacial score (nSPS) is 23.5. The molecule has 1 aliphatic rings. The molecule has 2 N–H and O–H groups in total. The van der Waals surface area contributed by atoms with Crippen LogP contribution in [0.25, 0.3) is 16.8 Å². The maximum absolute atomic E-state index is 14.7. The molecule has 43 heavy (non-hydrogen) atoms. The molecule has 4 aromatic rings. The summed E-state index contributed by atoms with van der Waals surface area (Å²) in [6, 6.07) is 4.61. The van der Waals surface area contributed by atoms with E-state index in [0.717, 1.165) is 10.7 Å². The fourth-order valence-corrected chi connectivity index (χ4v) is 5.67. The van der Waals surface area contributed by atoms with E-state index in [2.05, 4.69) is 31.1 Å². The molecular weight excluding hydrogens is 669 g/mol. The van der Waals surface area contributed by atoms with Crippen LogP contribution in [0.4, 0.5) is 22.0 Å². The Morgan fingerprint density at radius 2 is 1.88 bits per heavy atom. The number of hydrogen-bond donors (Lipinski definition) is 2. The van der Waals surface area contributed by atoms with Gasteiger partial charge in [-0.3, -0.25) is 4.68 Å². The Kier molecular flexibility index (Phi) is 8.68. The topological polar surface area (TPSA) is 107 Å². The number of aliphatic hydroxyl groups is 2. The fraction of sp³-hybridized carbons (Fsp3) is 0.370. The smallest absolute Gasteiger partial charge is 0.391 e. The van der Waals surface area contributed by atoms with Gasteiger partial charge in [0.15, 0.2) is 17.5 Å². The Labute approximate surface area is 254 Å². The van der Waals surface area contributed by atoms with Gasteiger partial charge in [-0.1, -0.05) is 27.5 Å². The average molecular weight is 693 g/mol. The van der Waals surface area contributed by atoms with Crippen LogP contribution >= 0.6 is 27.5 Å². The predicted molar refractivity (Wildman–Crippen MR) is 147 cm³/mol. The molecule has 3 heterocycles. The zero-order valence-electron chi connectivity index (χ0n) is 22.6. The van der Waals surface area contributed by atoms with Gasteiger partial charge in [0.25, 0.3) is 0 Å². The van der Waals surface area contributed by atoms with Gasteiger partial charge in [-0.15, -0.1) is 0 Å². The molecule has 0 bridgehead atoms. The van der Waals surface area contributed by atoms with Crippen molar-refractivity contribution in [2.75, 3.05) is 7.11 Å². The minimum Gasteiger partial charge on any atom is -0.391 e. The number of aromatic nitrogens is 5. The summed E-state index contributed by atoms with van der Waals surface area (Å²) >= 11 is 8.87. The third-order valence-electron chi connectivity index (χ3n) is 7.11. The van der Waals surface area contributed by atoms with Crippen LogP contribution in [0, 0.1) is 18.6 Å². The molecule has 1 saturated heterocycles. The SMILES string of the molecule is CO[C@H]1C(C(C)O)O[C@@H](c2nc(C)nn2-c2cc(Br)ccc2C(F)(F)F)C(O)C1n1cc(-c2ccc(Cl)c(F)c2F)cn1. The Hall–Kier alpha value is -2.95. The van der Waals surface area contributed by atoms with Crippen molar-refractivity contribution in [3.05, 3.63) is 81.1 Å². The van der Waals surface area contributed by atoms with Crippen LogP contribution in [-0.2, 0) is 15.7 Å². The van der Waals surface area contributed by atoms with E-state index in [0.29, 0.717) is 4.47 Å². The van der Waals surface area contributed by atoms with Crippen molar-refractivity contribution in [1.29, 1.82) is 0 Å². The average Bonchev–Trinajstić information content (AvgIpc) is 3.57. The van der Waals surface area contributed by atoms with Gasteiger partial charge in [0, 0.05) is 28.9 Å². The maximum atomic E-state index is 14.7. The van der Waals surface area contributed by atoms with Gasteiger partial charge in [-0.2, -0.15) is 23.4 Å². The zero-order chi connectivity index (χ0) is 31.4. The summed E-state index contributed by atoms with van der Waals surface area (Å²) < 4.78 is 85.1. The minimum atomic E-state index is -4.76. The van der Waals surface area contributed by atoms with Crippen molar-refractivity contribution in [3.63, 3.8) is 0 Å². The molecule has 5 rings (SSSR count). The Balaban J connectivity index is 1.63. The number of aliphatic hydroxyl groups excluding tert-OH is 2. The van der Waals surface area contributed by atoms with Gasteiger partial charge in [0.05, 0.1) is 28.6 Å². The van der Waals surface area contributed by atoms with Crippen LogP contribution in [0.2, 0.25) is 5.02 Å². The monoisotopic (exact) mass is 691 g/mol. The molecule has 0 amide bonds. The second-order valence-corrected chi connectivity index (χ2v) is 11.3. The fourth-order valence-electron chi connectivity index (χ4n) is 5.18. The Morgan fingerprint density at radius 1 is 1.16 bits per heavy atom. The second kappa shape index (κ2) is 11.9. The first-order valence-electron chi connectivity index (χ1n) is 12.8. The molecule has 0 aliphatic carbocycles. The first-order valence-corrected chi connectivity index (χ1v) is 13.9. The van der Waals surface area contributed by atoms with Crippen molar-refractivity contribution in [1.82, 2.24) is 24.5 Å². The molecule has 2 aromatic heterocycles. The van der Waals surface area contributed by atoms with Crippen molar-refractivity contribution in [3.8, 4) is 16.8 Å². The third-order valence-corrected chi connectivity index (χ3v) is 7.90. The Bertz CT molecular complexity index is 1650. The molecule has 0 spiro atoms. The summed E-state index contributed by atoms with van der Waals surface area (Å²) in [6.07, 6.45) is -8.63. The van der Waals surface area contributed by atoms with Crippen molar-refractivity contribution < 1.29 is 41.6 Å². The van der Waals surface area contributed by atoms with Gasteiger partial charge >= 0.3 is 6.18 Å². The highest BCUT2D eigenvalue weighted by Crippen LogP contribution is 2.42. The minimum absolute atomic E-state index is 0.0829. The molecule has 2 aromatic carbocycles. The molecule has 0 radical (unpaired) electrons. The first kappa shape index (κ1) is 31.5. The van der Waals surface area contributed by atoms with E-state index in [1.54, 1.807) is 0 Å². The van der Waals surface area contributed by atoms with Crippen molar-refractivity contribution in [2.45, 2.75) is 56.6 Å². The summed E-state index contributed by atoms with van der Waals surface area (Å²) in [4.78, 5) is 4.30. The molecule has 9 nitrogen and oxygen atoms in total. The summed E-state index contributed by atoms with van der Waals surface area (Å²) in [6.45, 7) is 2.87. The van der Waals surface area contributed by atoms with Crippen LogP contribution in [0.3, 0.4) is 0 Å². The lowest BCUT2D eigenvalue weighted by Gasteiger charge is -2.45. The highest BCUT2D eigenvalue weighted by molar-refractivity contribution is 9.10. The molecule has 6 atom stereocenters. The van der Waals surface area contributed by atoms with Gasteiger partial charge in [0.2, 0.25) is 0 Å². The van der Waals surface area contributed by atoms with E-state index in [1.807, 2.05) is 0 Å². The number of aryl methyl sites for hydroxylation is 1. The standard InChI is InChI=1S/C27H24BrClF5N5O4/c1-11(40)23-24(42-3)21(38-10-13(9-35-38)15-5-7-17(29)20(31)19(15)30)22(41)25(43-23)26-36-12(2)37-39(26)18-8-14(28)4-6-16(18)27(32,33)34/h4-11,21-25,40-41H,1-3H3/t11?,21?,22?,23?,24-,25-/m1/s1. The van der Waals surface area contributed by atoms with Crippen LogP contribution < -0.4 is 0 Å². The summed E-state index contributed by atoms with van der Waals surface area (Å²) in [5.74, 6) is -2.56. The van der Waals surface area contributed by atoms with E-state index in [-0.39, 0.29) is 28.5 Å². The molecule has 1 aliphatic heterocycles. The second-order valence-electron chi connectivity index (χ2n) is 9.96. The largest absolute Gasteiger partial charge is 0.418 e. The number of nitrogens with zero attached hydrogens (tertiary/aromatic N) is 5. The number of halogens is 7. The van der Waals surface area contributed by atoms with E-state index < -0.39 is 65.0 Å². The number of rotatable bonds is 6. The number of methoxy groups -OCH3 is 1. The van der Waals surface area contributed by atoms with E-state index >= 15 is 0 Å².